The molecule has 2 atom stereocenters. The first kappa shape index (κ1) is 14.3. The summed E-state index contributed by atoms with van der Waals surface area (Å²) in [5.41, 5.74) is 1.56. The number of carbonyl (C=O) groups is 2. The third kappa shape index (κ3) is 2.30. The lowest BCUT2D eigenvalue weighted by atomic mass is 10.1. The lowest BCUT2D eigenvalue weighted by molar-refractivity contribution is -0.136. The van der Waals surface area contributed by atoms with Crippen molar-refractivity contribution in [3.05, 3.63) is 36.0 Å². The minimum atomic E-state index is -0.0867. The Morgan fingerprint density at radius 3 is 2.96 bits per heavy atom. The number of para-hydroxylation sites is 1. The average molecular weight is 313 g/mol. The van der Waals surface area contributed by atoms with Gasteiger partial charge in [-0.3, -0.25) is 9.59 Å². The van der Waals surface area contributed by atoms with Crippen molar-refractivity contribution in [2.24, 2.45) is 0 Å². The maximum atomic E-state index is 12.9. The topological polar surface area (TPSA) is 65.6 Å². The number of piperazine rings is 1. The molecular weight excluding hydrogens is 294 g/mol. The molecule has 2 fully saturated rings. The molecular formula is C17H19N3O3. The first-order valence-electron chi connectivity index (χ1n) is 7.85. The molecule has 0 spiro atoms. The van der Waals surface area contributed by atoms with Gasteiger partial charge in [0, 0.05) is 37.3 Å². The molecule has 2 aliphatic heterocycles. The second kappa shape index (κ2) is 5.38. The van der Waals surface area contributed by atoms with Gasteiger partial charge in [0.25, 0.3) is 5.91 Å². The van der Waals surface area contributed by atoms with Crippen molar-refractivity contribution in [3.8, 4) is 0 Å². The molecule has 0 saturated carbocycles. The van der Waals surface area contributed by atoms with E-state index < -0.39 is 0 Å². The first-order chi connectivity index (χ1) is 11.2. The molecule has 4 rings (SSSR count). The molecule has 0 aliphatic carbocycles. The number of H-pyrrole nitrogens is 1. The standard InChI is InChI=1S/C17H19N3O3/c1-23-12-6-11-8-19(10-16(21)20(11)9-12)17(22)14-7-18-15-5-3-2-4-13(14)15/h2-5,7,11-12,18H,6,8-10H2,1H3/t11-,12-/m0/s1. The number of ether oxygens (including phenoxy) is 1. The van der Waals surface area contributed by atoms with E-state index in [2.05, 4.69) is 4.98 Å². The molecule has 1 N–H and O–H groups in total. The third-order valence-electron chi connectivity index (χ3n) is 4.89. The average Bonchev–Trinajstić information content (AvgIpc) is 3.18. The monoisotopic (exact) mass is 313 g/mol. The lowest BCUT2D eigenvalue weighted by Gasteiger charge is -2.36. The number of carbonyl (C=O) groups excluding carboxylic acids is 2. The van der Waals surface area contributed by atoms with E-state index in [1.54, 1.807) is 18.2 Å². The van der Waals surface area contributed by atoms with Crippen LogP contribution in [0.1, 0.15) is 16.8 Å². The Bertz CT molecular complexity index is 769. The van der Waals surface area contributed by atoms with Gasteiger partial charge in [0.2, 0.25) is 5.91 Å². The van der Waals surface area contributed by atoms with Crippen LogP contribution in [0.4, 0.5) is 0 Å². The molecule has 2 amide bonds. The summed E-state index contributed by atoms with van der Waals surface area (Å²) >= 11 is 0. The Kier molecular flexibility index (Phi) is 3.34. The molecule has 23 heavy (non-hydrogen) atoms. The summed E-state index contributed by atoms with van der Waals surface area (Å²) in [5, 5.41) is 0.897. The second-order valence-electron chi connectivity index (χ2n) is 6.23. The normalized spacial score (nSPS) is 24.3. The fourth-order valence-electron chi connectivity index (χ4n) is 3.67. The second-order valence-corrected chi connectivity index (χ2v) is 6.23. The van der Waals surface area contributed by atoms with Crippen LogP contribution in [0, 0.1) is 0 Å². The fraction of sp³-hybridized carbons (Fsp3) is 0.412. The third-order valence-corrected chi connectivity index (χ3v) is 4.89. The quantitative estimate of drug-likeness (QED) is 0.907. The largest absolute Gasteiger partial charge is 0.380 e. The van der Waals surface area contributed by atoms with Crippen molar-refractivity contribution in [3.63, 3.8) is 0 Å². The van der Waals surface area contributed by atoms with Crippen LogP contribution in [0.25, 0.3) is 10.9 Å². The predicted octanol–water partition coefficient (Wildman–Crippen LogP) is 1.24. The molecule has 120 valence electrons. The molecule has 2 aromatic rings. The van der Waals surface area contributed by atoms with E-state index in [1.165, 1.54) is 0 Å². The van der Waals surface area contributed by atoms with Gasteiger partial charge in [-0.1, -0.05) is 18.2 Å². The number of benzene rings is 1. The minimum Gasteiger partial charge on any atom is -0.380 e. The van der Waals surface area contributed by atoms with Crippen LogP contribution in [0.15, 0.2) is 30.5 Å². The molecule has 2 saturated heterocycles. The van der Waals surface area contributed by atoms with Crippen LogP contribution in [-0.2, 0) is 9.53 Å². The zero-order chi connectivity index (χ0) is 16.0. The van der Waals surface area contributed by atoms with Gasteiger partial charge < -0.3 is 19.5 Å². The maximum absolute atomic E-state index is 12.9. The number of aromatic nitrogens is 1. The van der Waals surface area contributed by atoms with Gasteiger partial charge in [0.05, 0.1) is 17.7 Å². The number of methoxy groups -OCH3 is 1. The van der Waals surface area contributed by atoms with Crippen molar-refractivity contribution < 1.29 is 14.3 Å². The summed E-state index contributed by atoms with van der Waals surface area (Å²) in [6.45, 7) is 1.35. The highest BCUT2D eigenvalue weighted by molar-refractivity contribution is 6.07. The molecule has 6 heteroatoms. The van der Waals surface area contributed by atoms with Gasteiger partial charge in [0.15, 0.2) is 0 Å². The van der Waals surface area contributed by atoms with Gasteiger partial charge in [-0.15, -0.1) is 0 Å². The molecule has 1 aromatic heterocycles. The summed E-state index contributed by atoms with van der Waals surface area (Å²) in [5.74, 6) is -0.0784. The van der Waals surface area contributed by atoms with E-state index in [9.17, 15) is 9.59 Å². The van der Waals surface area contributed by atoms with Crippen molar-refractivity contribution in [1.82, 2.24) is 14.8 Å². The molecule has 0 radical (unpaired) electrons. The van der Waals surface area contributed by atoms with Crippen LogP contribution < -0.4 is 0 Å². The minimum absolute atomic E-state index is 0.00833. The van der Waals surface area contributed by atoms with Gasteiger partial charge in [-0.05, 0) is 12.5 Å². The van der Waals surface area contributed by atoms with Crippen molar-refractivity contribution in [2.75, 3.05) is 26.7 Å². The number of aromatic amines is 1. The Morgan fingerprint density at radius 1 is 1.30 bits per heavy atom. The van der Waals surface area contributed by atoms with Gasteiger partial charge in [-0.2, -0.15) is 0 Å². The highest BCUT2D eigenvalue weighted by Crippen LogP contribution is 2.26. The number of hydrogen-bond acceptors (Lipinski definition) is 3. The molecule has 0 bridgehead atoms. The van der Waals surface area contributed by atoms with E-state index in [1.807, 2.05) is 29.2 Å². The van der Waals surface area contributed by atoms with E-state index in [-0.39, 0.29) is 30.5 Å². The molecule has 3 heterocycles. The molecule has 2 aliphatic rings. The zero-order valence-corrected chi connectivity index (χ0v) is 13.0. The maximum Gasteiger partial charge on any atom is 0.256 e. The highest BCUT2D eigenvalue weighted by Gasteiger charge is 2.41. The molecule has 1 aromatic carbocycles. The van der Waals surface area contributed by atoms with Crippen molar-refractivity contribution >= 4 is 22.7 Å². The number of nitrogens with zero attached hydrogens (tertiary/aromatic N) is 2. The zero-order valence-electron chi connectivity index (χ0n) is 13.0. The lowest BCUT2D eigenvalue weighted by Crippen LogP contribution is -2.55. The molecule has 0 unspecified atom stereocenters. The van der Waals surface area contributed by atoms with Gasteiger partial charge in [-0.25, -0.2) is 0 Å². The number of nitrogens with one attached hydrogen (secondary N) is 1. The smallest absolute Gasteiger partial charge is 0.256 e. The van der Waals surface area contributed by atoms with Crippen LogP contribution in [-0.4, -0.2) is 65.5 Å². The number of hydrogen-bond donors (Lipinski definition) is 1. The van der Waals surface area contributed by atoms with E-state index >= 15 is 0 Å². The summed E-state index contributed by atoms with van der Waals surface area (Å²) in [7, 11) is 1.67. The highest BCUT2D eigenvalue weighted by atomic mass is 16.5. The summed E-state index contributed by atoms with van der Waals surface area (Å²) in [6, 6.07) is 7.77. The summed E-state index contributed by atoms with van der Waals surface area (Å²) in [4.78, 5) is 31.9. The number of amides is 2. The predicted molar refractivity (Wildman–Crippen MR) is 85.1 cm³/mol. The van der Waals surface area contributed by atoms with Crippen LogP contribution in [0.5, 0.6) is 0 Å². The Hall–Kier alpha value is -2.34. The van der Waals surface area contributed by atoms with E-state index in [4.69, 9.17) is 4.74 Å². The van der Waals surface area contributed by atoms with Crippen LogP contribution in [0.3, 0.4) is 0 Å². The van der Waals surface area contributed by atoms with Crippen LogP contribution >= 0.6 is 0 Å². The summed E-state index contributed by atoms with van der Waals surface area (Å²) in [6.07, 6.45) is 2.60. The molecule has 6 nitrogen and oxygen atoms in total. The number of rotatable bonds is 2. The van der Waals surface area contributed by atoms with Crippen molar-refractivity contribution in [1.29, 1.82) is 0 Å². The van der Waals surface area contributed by atoms with Crippen molar-refractivity contribution in [2.45, 2.75) is 18.6 Å². The van der Waals surface area contributed by atoms with Gasteiger partial charge in [0.1, 0.15) is 6.54 Å². The summed E-state index contributed by atoms with van der Waals surface area (Å²) < 4.78 is 5.37. The number of fused-ring (bicyclic) bond motifs is 2. The van der Waals surface area contributed by atoms with Gasteiger partial charge >= 0.3 is 0 Å². The Morgan fingerprint density at radius 2 is 2.13 bits per heavy atom. The first-order valence-corrected chi connectivity index (χ1v) is 7.85. The Balaban J connectivity index is 1.59. The fourth-order valence-corrected chi connectivity index (χ4v) is 3.67. The Labute approximate surface area is 134 Å². The van der Waals surface area contributed by atoms with E-state index in [0.29, 0.717) is 18.7 Å². The SMILES string of the molecule is CO[C@H]1C[C@H]2CN(C(=O)c3c[nH]c4ccccc34)CC(=O)N2C1. The van der Waals surface area contributed by atoms with E-state index in [0.717, 1.165) is 17.3 Å². The van der Waals surface area contributed by atoms with Crippen LogP contribution in [0.2, 0.25) is 0 Å².